The first kappa shape index (κ1) is 13.8. The minimum atomic E-state index is -1.11. The third-order valence-electron chi connectivity index (χ3n) is 2.79. The van der Waals surface area contributed by atoms with Gasteiger partial charge in [0, 0.05) is 12.6 Å². The molecule has 2 rings (SSSR count). The molecule has 0 spiro atoms. The Kier molecular flexibility index (Phi) is 3.83. The minimum Gasteiger partial charge on any atom is -0.480 e. The zero-order chi connectivity index (χ0) is 14.7. The normalized spacial score (nSPS) is 12.2. The largest absolute Gasteiger partial charge is 0.480 e. The van der Waals surface area contributed by atoms with Gasteiger partial charge in [0.25, 0.3) is 0 Å². The number of rotatable bonds is 5. The number of carboxylic acids is 1. The highest BCUT2D eigenvalue weighted by Gasteiger charge is 2.14. The van der Waals surface area contributed by atoms with Gasteiger partial charge >= 0.3 is 11.7 Å². The first-order valence-corrected chi connectivity index (χ1v) is 6.05. The third kappa shape index (κ3) is 2.85. The van der Waals surface area contributed by atoms with Gasteiger partial charge < -0.3 is 10.4 Å². The summed E-state index contributed by atoms with van der Waals surface area (Å²) in [6.45, 7) is 1.47. The van der Waals surface area contributed by atoms with Crippen LogP contribution in [0.4, 0.5) is 0 Å². The van der Waals surface area contributed by atoms with E-state index in [1.807, 2.05) is 0 Å². The molecule has 2 heterocycles. The Morgan fingerprint density at radius 2 is 2.20 bits per heavy atom. The Hall–Kier alpha value is -2.64. The van der Waals surface area contributed by atoms with Crippen LogP contribution in [-0.4, -0.2) is 37.2 Å². The standard InChI is InChI=1S/C12H14N4O4/c1-8(11(18)19)13-10(17)5-7-16-12(20)15-6-3-2-4-9(15)14-16/h2-4,6,8H,5,7H2,1H3,(H,13,17)(H,18,19)/t8-/m0/s1. The second-order valence-electron chi connectivity index (χ2n) is 4.31. The number of carbonyl (C=O) groups is 2. The van der Waals surface area contributed by atoms with E-state index in [0.29, 0.717) is 5.65 Å². The van der Waals surface area contributed by atoms with Crippen molar-refractivity contribution in [2.45, 2.75) is 25.9 Å². The fourth-order valence-electron chi connectivity index (χ4n) is 1.70. The molecular weight excluding hydrogens is 264 g/mol. The highest BCUT2D eigenvalue weighted by Crippen LogP contribution is 1.96. The summed E-state index contributed by atoms with van der Waals surface area (Å²) in [7, 11) is 0. The van der Waals surface area contributed by atoms with Gasteiger partial charge in [-0.3, -0.25) is 14.0 Å². The Morgan fingerprint density at radius 1 is 1.45 bits per heavy atom. The summed E-state index contributed by atoms with van der Waals surface area (Å²) in [5.74, 6) is -1.55. The molecule has 2 aromatic rings. The molecule has 0 saturated carbocycles. The molecule has 2 N–H and O–H groups in total. The van der Waals surface area contributed by atoms with E-state index >= 15 is 0 Å². The number of aryl methyl sites for hydroxylation is 1. The summed E-state index contributed by atoms with van der Waals surface area (Å²) in [4.78, 5) is 34.0. The Labute approximate surface area is 113 Å². The average Bonchev–Trinajstić information content (AvgIpc) is 2.73. The number of fused-ring (bicyclic) bond motifs is 1. The number of nitrogens with zero attached hydrogens (tertiary/aromatic N) is 3. The van der Waals surface area contributed by atoms with E-state index in [2.05, 4.69) is 10.4 Å². The van der Waals surface area contributed by atoms with Gasteiger partial charge in [-0.1, -0.05) is 6.07 Å². The van der Waals surface area contributed by atoms with Crippen LogP contribution in [0.5, 0.6) is 0 Å². The molecule has 0 radical (unpaired) electrons. The molecule has 1 atom stereocenters. The zero-order valence-electron chi connectivity index (χ0n) is 10.8. The molecule has 0 saturated heterocycles. The molecule has 0 aliphatic heterocycles. The number of amides is 1. The lowest BCUT2D eigenvalue weighted by Gasteiger charge is -2.08. The number of aliphatic carboxylic acids is 1. The summed E-state index contributed by atoms with van der Waals surface area (Å²) >= 11 is 0. The molecule has 1 amide bonds. The number of aromatic nitrogens is 3. The Balaban J connectivity index is 2.03. The van der Waals surface area contributed by atoms with E-state index in [4.69, 9.17) is 5.11 Å². The molecule has 0 aliphatic carbocycles. The van der Waals surface area contributed by atoms with Crippen molar-refractivity contribution in [3.63, 3.8) is 0 Å². The van der Waals surface area contributed by atoms with Gasteiger partial charge in [0.1, 0.15) is 6.04 Å². The van der Waals surface area contributed by atoms with Crippen LogP contribution in [-0.2, 0) is 16.1 Å². The number of nitrogens with one attached hydrogen (secondary N) is 1. The molecule has 8 heteroatoms. The van der Waals surface area contributed by atoms with Crippen LogP contribution in [0.15, 0.2) is 29.2 Å². The number of carbonyl (C=O) groups excluding carboxylic acids is 1. The number of hydrogen-bond donors (Lipinski definition) is 2. The lowest BCUT2D eigenvalue weighted by molar-refractivity contribution is -0.141. The lowest BCUT2D eigenvalue weighted by atomic mass is 10.3. The smallest absolute Gasteiger partial charge is 0.350 e. The first-order valence-electron chi connectivity index (χ1n) is 6.05. The van der Waals surface area contributed by atoms with Crippen molar-refractivity contribution in [1.29, 1.82) is 0 Å². The maximum absolute atomic E-state index is 11.9. The number of hydrogen-bond acceptors (Lipinski definition) is 4. The number of pyridine rings is 1. The van der Waals surface area contributed by atoms with Gasteiger partial charge in [-0.05, 0) is 19.1 Å². The van der Waals surface area contributed by atoms with E-state index in [1.54, 1.807) is 24.4 Å². The fraction of sp³-hybridized carbons (Fsp3) is 0.333. The van der Waals surface area contributed by atoms with Crippen molar-refractivity contribution >= 4 is 17.5 Å². The molecule has 2 aromatic heterocycles. The summed E-state index contributed by atoms with van der Waals surface area (Å²) in [5.41, 5.74) is 0.163. The van der Waals surface area contributed by atoms with Crippen LogP contribution >= 0.6 is 0 Å². The van der Waals surface area contributed by atoms with Crippen LogP contribution in [0.25, 0.3) is 5.65 Å². The lowest BCUT2D eigenvalue weighted by Crippen LogP contribution is -2.39. The third-order valence-corrected chi connectivity index (χ3v) is 2.79. The topological polar surface area (TPSA) is 106 Å². The Morgan fingerprint density at radius 3 is 2.85 bits per heavy atom. The first-order chi connectivity index (χ1) is 9.49. The van der Waals surface area contributed by atoms with Crippen molar-refractivity contribution < 1.29 is 14.7 Å². The number of carboxylic acid groups (broad SMARTS) is 1. The van der Waals surface area contributed by atoms with E-state index < -0.39 is 17.9 Å². The molecule has 0 aliphatic rings. The zero-order valence-corrected chi connectivity index (χ0v) is 10.8. The summed E-state index contributed by atoms with van der Waals surface area (Å²) < 4.78 is 2.55. The average molecular weight is 278 g/mol. The Bertz CT molecular complexity index is 703. The summed E-state index contributed by atoms with van der Waals surface area (Å²) in [5, 5.41) is 15.1. The van der Waals surface area contributed by atoms with Crippen LogP contribution in [0.3, 0.4) is 0 Å². The SMILES string of the molecule is C[C@H](NC(=O)CCn1nc2ccccn2c1=O)C(=O)O. The maximum atomic E-state index is 11.9. The predicted octanol–water partition coefficient (Wildman–Crippen LogP) is -0.525. The predicted molar refractivity (Wildman–Crippen MR) is 69.3 cm³/mol. The molecule has 20 heavy (non-hydrogen) atoms. The second-order valence-corrected chi connectivity index (χ2v) is 4.31. The van der Waals surface area contributed by atoms with Gasteiger partial charge in [-0.15, -0.1) is 5.10 Å². The maximum Gasteiger partial charge on any atom is 0.350 e. The highest BCUT2D eigenvalue weighted by molar-refractivity contribution is 5.83. The van der Waals surface area contributed by atoms with E-state index in [0.717, 1.165) is 0 Å². The molecule has 106 valence electrons. The quantitative estimate of drug-likeness (QED) is 0.765. The second kappa shape index (κ2) is 5.55. The van der Waals surface area contributed by atoms with Gasteiger partial charge in [-0.2, -0.15) is 0 Å². The van der Waals surface area contributed by atoms with Crippen LogP contribution < -0.4 is 11.0 Å². The highest BCUT2D eigenvalue weighted by atomic mass is 16.4. The molecule has 0 unspecified atom stereocenters. The van der Waals surface area contributed by atoms with E-state index in [9.17, 15) is 14.4 Å². The van der Waals surface area contributed by atoms with Crippen LogP contribution in [0.1, 0.15) is 13.3 Å². The van der Waals surface area contributed by atoms with Crippen LogP contribution in [0.2, 0.25) is 0 Å². The van der Waals surface area contributed by atoms with E-state index in [-0.39, 0.29) is 18.7 Å². The van der Waals surface area contributed by atoms with Gasteiger partial charge in [-0.25, -0.2) is 9.48 Å². The summed E-state index contributed by atoms with van der Waals surface area (Å²) in [6.07, 6.45) is 1.58. The molecule has 0 aromatic carbocycles. The fourth-order valence-corrected chi connectivity index (χ4v) is 1.70. The van der Waals surface area contributed by atoms with Gasteiger partial charge in [0.15, 0.2) is 5.65 Å². The van der Waals surface area contributed by atoms with Crippen molar-refractivity contribution in [1.82, 2.24) is 19.5 Å². The molecular formula is C12H14N4O4. The molecule has 8 nitrogen and oxygen atoms in total. The van der Waals surface area contributed by atoms with E-state index in [1.165, 1.54) is 16.0 Å². The van der Waals surface area contributed by atoms with Crippen molar-refractivity contribution in [2.24, 2.45) is 0 Å². The minimum absolute atomic E-state index is 0.0125. The molecule has 0 fully saturated rings. The van der Waals surface area contributed by atoms with Crippen LogP contribution in [0, 0.1) is 0 Å². The van der Waals surface area contributed by atoms with Gasteiger partial charge in [0.2, 0.25) is 5.91 Å². The molecule has 0 bridgehead atoms. The van der Waals surface area contributed by atoms with Crippen molar-refractivity contribution in [3.8, 4) is 0 Å². The van der Waals surface area contributed by atoms with Crippen molar-refractivity contribution in [2.75, 3.05) is 0 Å². The monoisotopic (exact) mass is 278 g/mol. The summed E-state index contributed by atoms with van der Waals surface area (Å²) in [6, 6.07) is 4.19. The van der Waals surface area contributed by atoms with Gasteiger partial charge in [0.05, 0.1) is 6.54 Å². The van der Waals surface area contributed by atoms with Crippen molar-refractivity contribution in [3.05, 3.63) is 34.9 Å².